The van der Waals surface area contributed by atoms with Crippen LogP contribution in [0.5, 0.6) is 0 Å². The van der Waals surface area contributed by atoms with E-state index >= 15 is 0 Å². The molecule has 1 aliphatic rings. The standard InChI is InChI=1S/C19H14BrN4O.Ni/c20-15-11-23-18-7-3-1-5-16(18)21-9-14(13-25)10-22-17-6-2-4-8-19(17)24-12-15;/h1-13H,(H-,21,22,23,24,25);/q-1;+2/p-1. The molecule has 0 saturated carbocycles. The Morgan fingerprint density at radius 3 is 1.96 bits per heavy atom. The molecule has 7 heteroatoms. The summed E-state index contributed by atoms with van der Waals surface area (Å²) in [4.78, 5) is 20.0. The van der Waals surface area contributed by atoms with Crippen molar-refractivity contribution in [3.8, 4) is 0 Å². The van der Waals surface area contributed by atoms with Gasteiger partial charge in [0.2, 0.25) is 0 Å². The fourth-order valence-corrected chi connectivity index (χ4v) is 2.25. The van der Waals surface area contributed by atoms with Gasteiger partial charge in [-0.2, -0.15) is 12.4 Å². The summed E-state index contributed by atoms with van der Waals surface area (Å²) in [5, 5.41) is 8.77. The van der Waals surface area contributed by atoms with Gasteiger partial charge in [-0.05, 0) is 12.1 Å². The van der Waals surface area contributed by atoms with E-state index in [0.717, 1.165) is 0 Å². The number of rotatable bonds is 1. The van der Waals surface area contributed by atoms with Crippen LogP contribution in [-0.4, -0.2) is 18.7 Å². The number of para-hydroxylation sites is 4. The topological polar surface area (TPSA) is 70.0 Å². The van der Waals surface area contributed by atoms with Gasteiger partial charge in [0, 0.05) is 33.9 Å². The Bertz CT molecular complexity index is 906. The summed E-state index contributed by atoms with van der Waals surface area (Å²) < 4.78 is 0.710. The van der Waals surface area contributed by atoms with Crippen LogP contribution in [0.25, 0.3) is 10.6 Å². The van der Waals surface area contributed by atoms with Gasteiger partial charge in [0.25, 0.3) is 0 Å². The van der Waals surface area contributed by atoms with Crippen molar-refractivity contribution in [1.82, 2.24) is 0 Å². The number of nitrogens with zero attached hydrogens (tertiary/aromatic N) is 4. The maximum absolute atomic E-state index is 11.3. The van der Waals surface area contributed by atoms with E-state index in [1.165, 1.54) is 12.4 Å². The van der Waals surface area contributed by atoms with Crippen molar-refractivity contribution in [1.29, 1.82) is 0 Å². The Morgan fingerprint density at radius 1 is 0.808 bits per heavy atom. The van der Waals surface area contributed by atoms with Crippen molar-refractivity contribution in [2.45, 2.75) is 0 Å². The fraction of sp³-hybridized carbons (Fsp3) is 0. The van der Waals surface area contributed by atoms with Crippen molar-refractivity contribution in [2.24, 2.45) is 9.98 Å². The second-order valence-electron chi connectivity index (χ2n) is 5.01. The summed E-state index contributed by atoms with van der Waals surface area (Å²) in [5.41, 5.74) is 3.03. The molecular weight excluding hydrogens is 439 g/mol. The molecule has 0 aliphatic carbocycles. The summed E-state index contributed by atoms with van der Waals surface area (Å²) >= 11 is 3.43. The van der Waals surface area contributed by atoms with E-state index in [1.807, 2.05) is 48.5 Å². The summed E-state index contributed by atoms with van der Waals surface area (Å²) in [7, 11) is 0. The van der Waals surface area contributed by atoms with Crippen molar-refractivity contribution in [3.63, 3.8) is 0 Å². The van der Waals surface area contributed by atoms with Crippen molar-refractivity contribution >= 4 is 57.4 Å². The number of carbonyl (C=O) groups is 1. The first-order valence-corrected chi connectivity index (χ1v) is 8.24. The predicted molar refractivity (Wildman–Crippen MR) is 106 cm³/mol. The van der Waals surface area contributed by atoms with E-state index in [-0.39, 0.29) is 16.5 Å². The fourth-order valence-electron chi connectivity index (χ4n) is 2.04. The van der Waals surface area contributed by atoms with Crippen LogP contribution in [0.4, 0.5) is 22.7 Å². The minimum Gasteiger partial charge on any atom is -0.662 e. The molecule has 1 heterocycles. The second-order valence-corrected chi connectivity index (χ2v) is 5.93. The first kappa shape index (κ1) is 19.8. The number of hydrogen-bond acceptors (Lipinski definition) is 3. The normalized spacial score (nSPS) is 17.4. The quantitative estimate of drug-likeness (QED) is 0.379. The van der Waals surface area contributed by atoms with Gasteiger partial charge < -0.3 is 10.6 Å². The molecule has 2 aromatic rings. The molecule has 0 spiro atoms. The summed E-state index contributed by atoms with van der Waals surface area (Å²) in [5.74, 6) is 0. The zero-order valence-corrected chi connectivity index (χ0v) is 16.0. The number of carbonyl (C=O) groups excluding carboxylic acids is 1. The van der Waals surface area contributed by atoms with E-state index < -0.39 is 0 Å². The van der Waals surface area contributed by atoms with Crippen LogP contribution in [0.3, 0.4) is 0 Å². The molecule has 0 bridgehead atoms. The van der Waals surface area contributed by atoms with Gasteiger partial charge in [-0.15, -0.1) is 11.4 Å². The SMILES string of the molecule is O=C/C1=C/[N-]c2ccccc2N=C/C(Br)=C\[N-]c2ccccc2N=C1.[Ni+2]. The van der Waals surface area contributed by atoms with Crippen LogP contribution in [-0.2, 0) is 21.3 Å². The number of aliphatic imine (C=N–C) groups is 2. The second kappa shape index (κ2) is 9.85. The van der Waals surface area contributed by atoms with Crippen LogP contribution in [0.1, 0.15) is 0 Å². The number of halogens is 1. The Balaban J connectivity index is 0.00000243. The molecule has 0 radical (unpaired) electrons. The van der Waals surface area contributed by atoms with Gasteiger partial charge in [0.05, 0.1) is 0 Å². The van der Waals surface area contributed by atoms with Gasteiger partial charge in [0.15, 0.2) is 0 Å². The number of allylic oxidation sites excluding steroid dienone is 2. The minimum atomic E-state index is 0. The molecule has 26 heavy (non-hydrogen) atoms. The third-order valence-corrected chi connectivity index (χ3v) is 3.67. The van der Waals surface area contributed by atoms with Crippen molar-refractivity contribution in [2.75, 3.05) is 0 Å². The van der Waals surface area contributed by atoms with Crippen LogP contribution in [0.15, 0.2) is 81.0 Å². The zero-order chi connectivity index (χ0) is 17.5. The minimum absolute atomic E-state index is 0. The molecule has 0 atom stereocenters. The zero-order valence-electron chi connectivity index (χ0n) is 13.4. The van der Waals surface area contributed by atoms with E-state index in [9.17, 15) is 4.79 Å². The van der Waals surface area contributed by atoms with Crippen LogP contribution in [0.2, 0.25) is 0 Å². The third kappa shape index (κ3) is 5.25. The molecule has 5 nitrogen and oxygen atoms in total. The molecule has 0 N–H and O–H groups in total. The first-order valence-electron chi connectivity index (χ1n) is 7.45. The smallest absolute Gasteiger partial charge is 0.662 e. The summed E-state index contributed by atoms with van der Waals surface area (Å²) in [6.07, 6.45) is 6.96. The number of hydrogen-bond donors (Lipinski definition) is 0. The predicted octanol–water partition coefficient (Wildman–Crippen LogP) is 6.13. The average Bonchev–Trinajstić information content (AvgIpc) is 2.65. The Morgan fingerprint density at radius 2 is 1.35 bits per heavy atom. The van der Waals surface area contributed by atoms with Crippen LogP contribution < -0.4 is 0 Å². The van der Waals surface area contributed by atoms with E-state index in [0.29, 0.717) is 39.1 Å². The molecule has 0 amide bonds. The molecular formula is C19H13BrN4NiO. The van der Waals surface area contributed by atoms with Gasteiger partial charge in [-0.25, -0.2) is 0 Å². The Kier molecular flexibility index (Phi) is 7.51. The van der Waals surface area contributed by atoms with E-state index in [2.05, 4.69) is 36.5 Å². The number of aldehydes is 1. The maximum Gasteiger partial charge on any atom is 2.00 e. The van der Waals surface area contributed by atoms with Crippen LogP contribution in [0, 0.1) is 0 Å². The molecule has 0 saturated heterocycles. The molecule has 0 unspecified atom stereocenters. The van der Waals surface area contributed by atoms with Crippen molar-refractivity contribution < 1.29 is 21.3 Å². The largest absolute Gasteiger partial charge is 2.00 e. The molecule has 2 aromatic carbocycles. The molecule has 1 aliphatic heterocycles. The Hall–Kier alpha value is -2.50. The van der Waals surface area contributed by atoms with E-state index in [1.54, 1.807) is 12.4 Å². The van der Waals surface area contributed by atoms with Gasteiger partial charge in [0.1, 0.15) is 6.29 Å². The number of benzene rings is 2. The van der Waals surface area contributed by atoms with Gasteiger partial charge >= 0.3 is 16.5 Å². The maximum atomic E-state index is 11.3. The summed E-state index contributed by atoms with van der Waals surface area (Å²) in [6, 6.07) is 14.8. The average molecular weight is 452 g/mol. The van der Waals surface area contributed by atoms with Crippen molar-refractivity contribution in [3.05, 3.63) is 81.6 Å². The molecule has 132 valence electrons. The van der Waals surface area contributed by atoms with E-state index in [4.69, 9.17) is 0 Å². The third-order valence-electron chi connectivity index (χ3n) is 3.26. The monoisotopic (exact) mass is 450 g/mol. The Labute approximate surface area is 170 Å². The van der Waals surface area contributed by atoms with Crippen LogP contribution >= 0.6 is 15.9 Å². The summed E-state index contributed by atoms with van der Waals surface area (Å²) in [6.45, 7) is 0. The number of fused-ring (bicyclic) bond motifs is 2. The van der Waals surface area contributed by atoms with Gasteiger partial charge in [-0.3, -0.25) is 14.8 Å². The molecule has 3 rings (SSSR count). The molecule has 0 aromatic heterocycles. The molecule has 0 fully saturated rings. The first-order chi connectivity index (χ1) is 12.3. The van der Waals surface area contributed by atoms with Gasteiger partial charge in [-0.1, -0.05) is 52.3 Å².